The summed E-state index contributed by atoms with van der Waals surface area (Å²) in [6.45, 7) is 0.668. The second-order valence-corrected chi connectivity index (χ2v) is 5.63. The maximum atomic E-state index is 13.9. The van der Waals surface area contributed by atoms with Gasteiger partial charge >= 0.3 is 6.08 Å². The van der Waals surface area contributed by atoms with Crippen LogP contribution < -0.4 is 5.32 Å². The van der Waals surface area contributed by atoms with E-state index in [4.69, 9.17) is 4.74 Å². The van der Waals surface area contributed by atoms with E-state index in [2.05, 4.69) is 20.3 Å². The smallest absolute Gasteiger partial charge is 0.312 e. The lowest BCUT2D eigenvalue weighted by atomic mass is 10.2. The average Bonchev–Trinajstić information content (AvgIpc) is 3.01. The van der Waals surface area contributed by atoms with Crippen molar-refractivity contribution in [2.75, 3.05) is 11.9 Å². The van der Waals surface area contributed by atoms with E-state index in [0.29, 0.717) is 23.5 Å². The first-order valence-electron chi connectivity index (χ1n) is 7.79. The van der Waals surface area contributed by atoms with Crippen LogP contribution in [0.1, 0.15) is 25.5 Å². The Hall–Kier alpha value is -2.74. The van der Waals surface area contributed by atoms with E-state index in [0.717, 1.165) is 19.3 Å². The standard InChI is InChI=1S/C16H16FN5O2/c17-16-20-14(19-10-5-1-2-6-11(10)23)13-15(21-16)22(9-18-13)12-7-3-4-8-24-12/h1-2,5-6,9,12,23H,3-4,7-8H2,(H,19,20,21). The zero-order valence-electron chi connectivity index (χ0n) is 12.8. The van der Waals surface area contributed by atoms with Gasteiger partial charge in [-0.05, 0) is 31.4 Å². The number of phenolic OH excluding ortho intramolecular Hbond substituents is 1. The largest absolute Gasteiger partial charge is 0.506 e. The van der Waals surface area contributed by atoms with Gasteiger partial charge in [-0.25, -0.2) is 4.98 Å². The minimum atomic E-state index is -0.863. The summed E-state index contributed by atoms with van der Waals surface area (Å²) in [5, 5.41) is 12.8. The van der Waals surface area contributed by atoms with Crippen LogP contribution in [0.3, 0.4) is 0 Å². The molecule has 3 heterocycles. The van der Waals surface area contributed by atoms with E-state index >= 15 is 0 Å². The highest BCUT2D eigenvalue weighted by Gasteiger charge is 2.21. The fourth-order valence-corrected chi connectivity index (χ4v) is 2.84. The van der Waals surface area contributed by atoms with Crippen LogP contribution in [0.2, 0.25) is 0 Å². The topological polar surface area (TPSA) is 85.1 Å². The first kappa shape index (κ1) is 14.8. The van der Waals surface area contributed by atoms with Crippen LogP contribution in [0.25, 0.3) is 11.2 Å². The number of hydrogen-bond donors (Lipinski definition) is 2. The molecule has 0 radical (unpaired) electrons. The summed E-state index contributed by atoms with van der Waals surface area (Å²) in [6, 6.07) is 6.66. The summed E-state index contributed by atoms with van der Waals surface area (Å²) >= 11 is 0. The molecule has 24 heavy (non-hydrogen) atoms. The van der Waals surface area contributed by atoms with Gasteiger partial charge in [0.1, 0.15) is 12.0 Å². The molecule has 7 nitrogen and oxygen atoms in total. The lowest BCUT2D eigenvalue weighted by molar-refractivity contribution is -0.0298. The quantitative estimate of drug-likeness (QED) is 0.567. The van der Waals surface area contributed by atoms with Crippen molar-refractivity contribution in [3.8, 4) is 5.75 Å². The Kier molecular flexibility index (Phi) is 3.73. The molecular weight excluding hydrogens is 313 g/mol. The molecule has 124 valence electrons. The van der Waals surface area contributed by atoms with Crippen molar-refractivity contribution in [3.63, 3.8) is 0 Å². The molecule has 1 fully saturated rings. The highest BCUT2D eigenvalue weighted by molar-refractivity contribution is 5.85. The number of imidazole rings is 1. The Morgan fingerprint density at radius 1 is 1.25 bits per heavy atom. The molecule has 1 aliphatic rings. The number of fused-ring (bicyclic) bond motifs is 1. The molecule has 0 aliphatic carbocycles. The summed E-state index contributed by atoms with van der Waals surface area (Å²) < 4.78 is 21.4. The number of nitrogens with zero attached hydrogens (tertiary/aromatic N) is 4. The molecule has 1 saturated heterocycles. The van der Waals surface area contributed by atoms with Gasteiger partial charge < -0.3 is 15.2 Å². The van der Waals surface area contributed by atoms with Gasteiger partial charge in [-0.1, -0.05) is 12.1 Å². The number of ether oxygens (including phenoxy) is 1. The van der Waals surface area contributed by atoms with Gasteiger partial charge in [-0.15, -0.1) is 0 Å². The number of benzene rings is 1. The van der Waals surface area contributed by atoms with Crippen LogP contribution >= 0.6 is 0 Å². The number of para-hydroxylation sites is 2. The average molecular weight is 329 g/mol. The molecule has 2 aromatic heterocycles. The van der Waals surface area contributed by atoms with Crippen LogP contribution in [0.15, 0.2) is 30.6 Å². The van der Waals surface area contributed by atoms with Crippen LogP contribution in [0.5, 0.6) is 5.75 Å². The summed E-state index contributed by atoms with van der Waals surface area (Å²) in [5.74, 6) is 0.244. The number of phenols is 1. The highest BCUT2D eigenvalue weighted by Crippen LogP contribution is 2.31. The van der Waals surface area contributed by atoms with Crippen molar-refractivity contribution < 1.29 is 14.2 Å². The van der Waals surface area contributed by atoms with Crippen LogP contribution in [0.4, 0.5) is 15.9 Å². The summed E-state index contributed by atoms with van der Waals surface area (Å²) in [5.41, 5.74) is 1.21. The van der Waals surface area contributed by atoms with Crippen molar-refractivity contribution in [1.82, 2.24) is 19.5 Å². The van der Waals surface area contributed by atoms with Gasteiger partial charge in [0.25, 0.3) is 0 Å². The zero-order chi connectivity index (χ0) is 16.5. The number of anilines is 2. The number of aromatic nitrogens is 4. The molecule has 1 atom stereocenters. The third-order valence-electron chi connectivity index (χ3n) is 4.02. The molecule has 1 aliphatic heterocycles. The van der Waals surface area contributed by atoms with Crippen LogP contribution in [0, 0.1) is 6.08 Å². The SMILES string of the molecule is Oc1ccccc1Nc1nc(F)nc2c1ncn2C1CCCCO1. The minimum Gasteiger partial charge on any atom is -0.506 e. The monoisotopic (exact) mass is 329 g/mol. The Labute approximate surface area is 137 Å². The Balaban J connectivity index is 1.76. The fraction of sp³-hybridized carbons (Fsp3) is 0.312. The van der Waals surface area contributed by atoms with Crippen LogP contribution in [-0.4, -0.2) is 31.2 Å². The van der Waals surface area contributed by atoms with Crippen molar-refractivity contribution in [3.05, 3.63) is 36.7 Å². The Morgan fingerprint density at radius 2 is 2.12 bits per heavy atom. The van der Waals surface area contributed by atoms with E-state index in [1.807, 2.05) is 0 Å². The van der Waals surface area contributed by atoms with Gasteiger partial charge in [0.15, 0.2) is 17.0 Å². The first-order chi connectivity index (χ1) is 11.7. The predicted octanol–water partition coefficient (Wildman–Crippen LogP) is 3.11. The normalized spacial score (nSPS) is 18.0. The summed E-state index contributed by atoms with van der Waals surface area (Å²) in [7, 11) is 0. The number of rotatable bonds is 3. The number of aromatic hydroxyl groups is 1. The fourth-order valence-electron chi connectivity index (χ4n) is 2.84. The second kappa shape index (κ2) is 6.04. The molecule has 3 aromatic rings. The molecule has 1 unspecified atom stereocenters. The van der Waals surface area contributed by atoms with E-state index in [-0.39, 0.29) is 17.8 Å². The lowest BCUT2D eigenvalue weighted by Gasteiger charge is -2.23. The van der Waals surface area contributed by atoms with Crippen molar-refractivity contribution in [2.45, 2.75) is 25.5 Å². The third-order valence-corrected chi connectivity index (χ3v) is 4.02. The first-order valence-corrected chi connectivity index (χ1v) is 7.79. The highest BCUT2D eigenvalue weighted by atomic mass is 19.1. The second-order valence-electron chi connectivity index (χ2n) is 5.63. The molecule has 8 heteroatoms. The van der Waals surface area contributed by atoms with Gasteiger partial charge in [0.05, 0.1) is 12.0 Å². The van der Waals surface area contributed by atoms with E-state index in [1.54, 1.807) is 29.1 Å². The Bertz CT molecular complexity index is 876. The molecule has 0 amide bonds. The maximum Gasteiger partial charge on any atom is 0.312 e. The summed E-state index contributed by atoms with van der Waals surface area (Å²) in [4.78, 5) is 12.0. The number of halogens is 1. The van der Waals surface area contributed by atoms with Gasteiger partial charge in [-0.3, -0.25) is 4.57 Å². The van der Waals surface area contributed by atoms with Gasteiger partial charge in [-0.2, -0.15) is 14.4 Å². The van der Waals surface area contributed by atoms with Crippen LogP contribution in [-0.2, 0) is 4.74 Å². The number of nitrogens with one attached hydrogen (secondary N) is 1. The molecule has 0 spiro atoms. The molecule has 2 N–H and O–H groups in total. The minimum absolute atomic E-state index is 0.0414. The van der Waals surface area contributed by atoms with Crippen molar-refractivity contribution in [1.29, 1.82) is 0 Å². The maximum absolute atomic E-state index is 13.9. The lowest BCUT2D eigenvalue weighted by Crippen LogP contribution is -2.18. The summed E-state index contributed by atoms with van der Waals surface area (Å²) in [6.07, 6.45) is 3.42. The molecular formula is C16H16FN5O2. The zero-order valence-corrected chi connectivity index (χ0v) is 12.8. The molecule has 0 bridgehead atoms. The van der Waals surface area contributed by atoms with Gasteiger partial charge in [0.2, 0.25) is 0 Å². The predicted molar refractivity (Wildman–Crippen MR) is 85.5 cm³/mol. The Morgan fingerprint density at radius 3 is 2.92 bits per heavy atom. The third kappa shape index (κ3) is 2.65. The number of hydrogen-bond acceptors (Lipinski definition) is 6. The van der Waals surface area contributed by atoms with E-state index in [9.17, 15) is 9.50 Å². The molecule has 4 rings (SSSR count). The van der Waals surface area contributed by atoms with Gasteiger partial charge in [0, 0.05) is 6.61 Å². The van der Waals surface area contributed by atoms with Crippen molar-refractivity contribution in [2.24, 2.45) is 0 Å². The van der Waals surface area contributed by atoms with E-state index in [1.165, 1.54) is 6.07 Å². The molecule has 0 saturated carbocycles. The van der Waals surface area contributed by atoms with E-state index < -0.39 is 6.08 Å². The molecule has 1 aromatic carbocycles. The van der Waals surface area contributed by atoms with Crippen molar-refractivity contribution >= 4 is 22.7 Å².